The van der Waals surface area contributed by atoms with Crippen LogP contribution in [0.25, 0.3) is 0 Å². The summed E-state index contributed by atoms with van der Waals surface area (Å²) in [7, 11) is 2.26. The Labute approximate surface area is 129 Å². The van der Waals surface area contributed by atoms with Crippen molar-refractivity contribution in [2.75, 3.05) is 20.2 Å². The first-order valence-corrected chi connectivity index (χ1v) is 8.31. The van der Waals surface area contributed by atoms with Gasteiger partial charge in [-0.15, -0.1) is 0 Å². The molecule has 0 aromatic heterocycles. The smallest absolute Gasteiger partial charge is 0.123 e. The van der Waals surface area contributed by atoms with Crippen molar-refractivity contribution in [2.45, 2.75) is 51.6 Å². The van der Waals surface area contributed by atoms with Crippen molar-refractivity contribution in [3.05, 3.63) is 29.8 Å². The molecule has 3 heteroatoms. The van der Waals surface area contributed by atoms with E-state index in [0.29, 0.717) is 6.54 Å². The molecule has 0 amide bonds. The van der Waals surface area contributed by atoms with E-state index in [2.05, 4.69) is 18.9 Å². The fourth-order valence-electron chi connectivity index (χ4n) is 3.18. The van der Waals surface area contributed by atoms with E-state index in [1.165, 1.54) is 25.7 Å². The molecule has 1 aromatic rings. The molecule has 1 aromatic carbocycles. The van der Waals surface area contributed by atoms with Gasteiger partial charge in [-0.1, -0.05) is 25.1 Å². The van der Waals surface area contributed by atoms with Gasteiger partial charge >= 0.3 is 0 Å². The van der Waals surface area contributed by atoms with Crippen LogP contribution in [0, 0.1) is 5.92 Å². The van der Waals surface area contributed by atoms with Crippen LogP contribution in [0.15, 0.2) is 24.3 Å². The molecule has 0 unspecified atom stereocenters. The average Bonchev–Trinajstić information content (AvgIpc) is 2.52. The van der Waals surface area contributed by atoms with Crippen molar-refractivity contribution < 1.29 is 4.74 Å². The van der Waals surface area contributed by atoms with E-state index in [1.54, 1.807) is 0 Å². The van der Waals surface area contributed by atoms with E-state index >= 15 is 0 Å². The highest BCUT2D eigenvalue weighted by molar-refractivity contribution is 5.32. The SMILES string of the molecule is CC1CCC(N(C)CCCOc2ccccc2CN)CC1. The Hall–Kier alpha value is -1.06. The third kappa shape index (κ3) is 5.01. The Morgan fingerprint density at radius 2 is 1.90 bits per heavy atom. The number of rotatable bonds is 7. The number of hydrogen-bond acceptors (Lipinski definition) is 3. The second kappa shape index (κ2) is 8.40. The van der Waals surface area contributed by atoms with Crippen molar-refractivity contribution in [3.8, 4) is 5.75 Å². The molecule has 1 aliphatic carbocycles. The first-order valence-electron chi connectivity index (χ1n) is 8.31. The predicted octanol–water partition coefficient (Wildman–Crippen LogP) is 3.42. The highest BCUT2D eigenvalue weighted by atomic mass is 16.5. The summed E-state index contributed by atoms with van der Waals surface area (Å²) >= 11 is 0. The number of ether oxygens (including phenoxy) is 1. The van der Waals surface area contributed by atoms with Crippen LogP contribution in [0.3, 0.4) is 0 Å². The van der Waals surface area contributed by atoms with E-state index in [-0.39, 0.29) is 0 Å². The van der Waals surface area contributed by atoms with Crippen LogP contribution < -0.4 is 10.5 Å². The summed E-state index contributed by atoms with van der Waals surface area (Å²) < 4.78 is 5.88. The largest absolute Gasteiger partial charge is 0.493 e. The van der Waals surface area contributed by atoms with Crippen molar-refractivity contribution in [3.63, 3.8) is 0 Å². The normalized spacial score (nSPS) is 22.5. The maximum atomic E-state index is 5.88. The summed E-state index contributed by atoms with van der Waals surface area (Å²) in [5.74, 6) is 1.86. The Balaban J connectivity index is 1.67. The van der Waals surface area contributed by atoms with E-state index in [9.17, 15) is 0 Å². The monoisotopic (exact) mass is 290 g/mol. The summed E-state index contributed by atoms with van der Waals surface area (Å²) in [6.45, 7) is 4.80. The van der Waals surface area contributed by atoms with Gasteiger partial charge in [0.25, 0.3) is 0 Å². The lowest BCUT2D eigenvalue weighted by atomic mass is 9.87. The van der Waals surface area contributed by atoms with Gasteiger partial charge in [0.05, 0.1) is 6.61 Å². The second-order valence-corrected chi connectivity index (χ2v) is 6.41. The highest BCUT2D eigenvalue weighted by Crippen LogP contribution is 2.26. The van der Waals surface area contributed by atoms with Gasteiger partial charge in [-0.3, -0.25) is 0 Å². The first-order chi connectivity index (χ1) is 10.2. The van der Waals surface area contributed by atoms with Crippen LogP contribution in [0.5, 0.6) is 5.75 Å². The van der Waals surface area contributed by atoms with Crippen molar-refractivity contribution >= 4 is 0 Å². The molecule has 0 radical (unpaired) electrons. The Morgan fingerprint density at radius 3 is 2.62 bits per heavy atom. The van der Waals surface area contributed by atoms with Crippen LogP contribution in [0.1, 0.15) is 44.6 Å². The zero-order valence-electron chi connectivity index (χ0n) is 13.6. The molecule has 1 aliphatic rings. The zero-order chi connectivity index (χ0) is 15.1. The fraction of sp³-hybridized carbons (Fsp3) is 0.667. The standard InChI is InChI=1S/C18H30N2O/c1-15-8-10-17(11-9-15)20(2)12-5-13-21-18-7-4-3-6-16(18)14-19/h3-4,6-7,15,17H,5,8-14,19H2,1-2H3. The van der Waals surface area contributed by atoms with Gasteiger partial charge in [0.2, 0.25) is 0 Å². The molecule has 0 bridgehead atoms. The molecule has 3 nitrogen and oxygen atoms in total. The van der Waals surface area contributed by atoms with Gasteiger partial charge < -0.3 is 15.4 Å². The summed E-state index contributed by atoms with van der Waals surface area (Å²) in [4.78, 5) is 2.52. The average molecular weight is 290 g/mol. The van der Waals surface area contributed by atoms with E-state index in [4.69, 9.17) is 10.5 Å². The number of hydrogen-bond donors (Lipinski definition) is 1. The summed E-state index contributed by atoms with van der Waals surface area (Å²) in [6.07, 6.45) is 6.55. The number of nitrogens with two attached hydrogens (primary N) is 1. The van der Waals surface area contributed by atoms with E-state index < -0.39 is 0 Å². The third-order valence-electron chi connectivity index (χ3n) is 4.71. The maximum absolute atomic E-state index is 5.88. The van der Waals surface area contributed by atoms with Gasteiger partial charge in [-0.25, -0.2) is 0 Å². The van der Waals surface area contributed by atoms with Gasteiger partial charge in [-0.2, -0.15) is 0 Å². The predicted molar refractivity (Wildman–Crippen MR) is 88.5 cm³/mol. The van der Waals surface area contributed by atoms with Crippen molar-refractivity contribution in [1.29, 1.82) is 0 Å². The van der Waals surface area contributed by atoms with Crippen molar-refractivity contribution in [2.24, 2.45) is 11.7 Å². The maximum Gasteiger partial charge on any atom is 0.123 e. The van der Waals surface area contributed by atoms with E-state index in [0.717, 1.165) is 42.8 Å². The first kappa shape index (κ1) is 16.3. The molecule has 118 valence electrons. The molecule has 0 heterocycles. The van der Waals surface area contributed by atoms with Crippen molar-refractivity contribution in [1.82, 2.24) is 4.90 Å². The molecule has 0 saturated heterocycles. The fourth-order valence-corrected chi connectivity index (χ4v) is 3.18. The number of benzene rings is 1. The van der Waals surface area contributed by atoms with Gasteiger partial charge in [-0.05, 0) is 51.1 Å². The quantitative estimate of drug-likeness (QED) is 0.782. The number of nitrogens with zero attached hydrogens (tertiary/aromatic N) is 1. The summed E-state index contributed by atoms with van der Waals surface area (Å²) in [6, 6.07) is 8.83. The molecular formula is C18H30N2O. The minimum Gasteiger partial charge on any atom is -0.493 e. The lowest BCUT2D eigenvalue weighted by molar-refractivity contribution is 0.159. The molecule has 2 rings (SSSR count). The van der Waals surface area contributed by atoms with Crippen LogP contribution in [-0.4, -0.2) is 31.1 Å². The van der Waals surface area contributed by atoms with Crippen LogP contribution in [0.4, 0.5) is 0 Å². The lowest BCUT2D eigenvalue weighted by Gasteiger charge is -2.33. The second-order valence-electron chi connectivity index (χ2n) is 6.41. The number of para-hydroxylation sites is 1. The molecule has 1 saturated carbocycles. The molecule has 1 fully saturated rings. The summed E-state index contributed by atoms with van der Waals surface area (Å²) in [5, 5.41) is 0. The lowest BCUT2D eigenvalue weighted by Crippen LogP contribution is -2.35. The third-order valence-corrected chi connectivity index (χ3v) is 4.71. The zero-order valence-corrected chi connectivity index (χ0v) is 13.6. The minimum absolute atomic E-state index is 0.538. The molecular weight excluding hydrogens is 260 g/mol. The molecule has 21 heavy (non-hydrogen) atoms. The minimum atomic E-state index is 0.538. The van der Waals surface area contributed by atoms with E-state index in [1.807, 2.05) is 24.3 Å². The van der Waals surface area contributed by atoms with Crippen LogP contribution >= 0.6 is 0 Å². The van der Waals surface area contributed by atoms with Crippen LogP contribution in [0.2, 0.25) is 0 Å². The molecule has 0 aliphatic heterocycles. The van der Waals surface area contributed by atoms with Crippen LogP contribution in [-0.2, 0) is 6.54 Å². The Kier molecular flexibility index (Phi) is 6.52. The Morgan fingerprint density at radius 1 is 1.19 bits per heavy atom. The van der Waals surface area contributed by atoms with Gasteiger partial charge in [0, 0.05) is 24.7 Å². The van der Waals surface area contributed by atoms with Gasteiger partial charge in [0.1, 0.15) is 5.75 Å². The molecule has 2 N–H and O–H groups in total. The Bertz CT molecular complexity index is 413. The highest BCUT2D eigenvalue weighted by Gasteiger charge is 2.21. The summed E-state index contributed by atoms with van der Waals surface area (Å²) in [5.41, 5.74) is 6.81. The molecule has 0 atom stereocenters. The molecule has 0 spiro atoms. The topological polar surface area (TPSA) is 38.5 Å². The van der Waals surface area contributed by atoms with Gasteiger partial charge in [0.15, 0.2) is 0 Å².